The quantitative estimate of drug-likeness (QED) is 0.895. The van der Waals surface area contributed by atoms with Crippen LogP contribution in [0.4, 0.5) is 9.18 Å². The lowest BCUT2D eigenvalue weighted by atomic mass is 10.0. The molecule has 2 aliphatic rings. The lowest BCUT2D eigenvalue weighted by Gasteiger charge is -2.27. The minimum atomic E-state index is -0.264. The zero-order valence-electron chi connectivity index (χ0n) is 12.0. The maximum Gasteiger partial charge on any atom is 0.318 e. The van der Waals surface area contributed by atoms with Crippen LogP contribution < -0.4 is 5.32 Å². The molecule has 1 aliphatic carbocycles. The molecular weight excluding hydrogens is 271 g/mol. The van der Waals surface area contributed by atoms with Gasteiger partial charge >= 0.3 is 6.03 Å². The standard InChI is InChI=1S/C16H21FN2O2/c17-13-7-5-12(6-8-13)15(11-3-4-11)18-16(21)19-9-1-2-14(19)10-20/h5-8,11,14-15,20H,1-4,9-10H2,(H,18,21). The van der Waals surface area contributed by atoms with Crippen molar-refractivity contribution in [3.63, 3.8) is 0 Å². The first-order valence-electron chi connectivity index (χ1n) is 7.62. The molecule has 0 spiro atoms. The van der Waals surface area contributed by atoms with Crippen LogP contribution in [0.2, 0.25) is 0 Å². The highest BCUT2D eigenvalue weighted by molar-refractivity contribution is 5.75. The number of urea groups is 1. The predicted octanol–water partition coefficient (Wildman–Crippen LogP) is 2.44. The topological polar surface area (TPSA) is 52.6 Å². The average Bonchev–Trinajstić information content (AvgIpc) is 3.22. The second kappa shape index (κ2) is 6.02. The van der Waals surface area contributed by atoms with E-state index in [0.717, 1.165) is 31.2 Å². The van der Waals surface area contributed by atoms with E-state index in [1.54, 1.807) is 17.0 Å². The first-order chi connectivity index (χ1) is 10.2. The van der Waals surface area contributed by atoms with E-state index in [0.29, 0.717) is 12.5 Å². The van der Waals surface area contributed by atoms with Gasteiger partial charge in [0.1, 0.15) is 5.82 Å². The van der Waals surface area contributed by atoms with Crippen molar-refractivity contribution in [2.75, 3.05) is 13.2 Å². The highest BCUT2D eigenvalue weighted by atomic mass is 19.1. The number of halogens is 1. The van der Waals surface area contributed by atoms with Crippen molar-refractivity contribution < 1.29 is 14.3 Å². The van der Waals surface area contributed by atoms with Gasteiger partial charge in [-0.2, -0.15) is 0 Å². The molecule has 2 N–H and O–H groups in total. The van der Waals surface area contributed by atoms with Gasteiger partial charge in [-0.3, -0.25) is 0 Å². The van der Waals surface area contributed by atoms with Gasteiger partial charge in [-0.1, -0.05) is 12.1 Å². The number of hydrogen-bond donors (Lipinski definition) is 2. The second-order valence-corrected chi connectivity index (χ2v) is 5.99. The first kappa shape index (κ1) is 14.3. The van der Waals surface area contributed by atoms with E-state index in [9.17, 15) is 14.3 Å². The molecule has 2 atom stereocenters. The lowest BCUT2D eigenvalue weighted by Crippen LogP contribution is -2.45. The number of nitrogens with one attached hydrogen (secondary N) is 1. The molecule has 0 aromatic heterocycles. The second-order valence-electron chi connectivity index (χ2n) is 5.99. The number of amides is 2. The summed E-state index contributed by atoms with van der Waals surface area (Å²) >= 11 is 0. The largest absolute Gasteiger partial charge is 0.394 e. The molecule has 1 aromatic rings. The molecule has 4 nitrogen and oxygen atoms in total. The van der Waals surface area contributed by atoms with Crippen molar-refractivity contribution in [1.82, 2.24) is 10.2 Å². The Balaban J connectivity index is 1.70. The summed E-state index contributed by atoms with van der Waals surface area (Å²) in [5.41, 5.74) is 0.951. The summed E-state index contributed by atoms with van der Waals surface area (Å²) in [6, 6.07) is 6.11. The highest BCUT2D eigenvalue weighted by Gasteiger charge is 2.36. The van der Waals surface area contributed by atoms with Crippen LogP contribution in [-0.2, 0) is 0 Å². The minimum absolute atomic E-state index is 0.0120. The van der Waals surface area contributed by atoms with Gasteiger partial charge in [-0.05, 0) is 49.3 Å². The molecule has 2 unspecified atom stereocenters. The predicted molar refractivity (Wildman–Crippen MR) is 77.2 cm³/mol. The third kappa shape index (κ3) is 3.18. The normalized spacial score (nSPS) is 23.1. The Kier molecular flexibility index (Phi) is 4.10. The molecule has 5 heteroatoms. The van der Waals surface area contributed by atoms with Gasteiger partial charge in [0.15, 0.2) is 0 Å². The molecule has 3 rings (SSSR count). The van der Waals surface area contributed by atoms with Gasteiger partial charge in [0.05, 0.1) is 18.7 Å². The summed E-state index contributed by atoms with van der Waals surface area (Å²) in [7, 11) is 0. The van der Waals surface area contributed by atoms with Crippen LogP contribution >= 0.6 is 0 Å². The van der Waals surface area contributed by atoms with Gasteiger partial charge < -0.3 is 15.3 Å². The fourth-order valence-corrected chi connectivity index (χ4v) is 3.08. The molecule has 21 heavy (non-hydrogen) atoms. The molecule has 2 fully saturated rings. The molecule has 1 aromatic carbocycles. The smallest absolute Gasteiger partial charge is 0.318 e. The average molecular weight is 292 g/mol. The third-order valence-corrected chi connectivity index (χ3v) is 4.45. The first-order valence-corrected chi connectivity index (χ1v) is 7.62. The molecule has 1 aliphatic heterocycles. The van der Waals surface area contributed by atoms with Crippen LogP contribution in [0.25, 0.3) is 0 Å². The number of aliphatic hydroxyl groups excluding tert-OH is 1. The number of nitrogens with zero attached hydrogens (tertiary/aromatic N) is 1. The van der Waals surface area contributed by atoms with E-state index >= 15 is 0 Å². The van der Waals surface area contributed by atoms with Crippen molar-refractivity contribution in [1.29, 1.82) is 0 Å². The Morgan fingerprint density at radius 2 is 2.05 bits per heavy atom. The van der Waals surface area contributed by atoms with E-state index in [4.69, 9.17) is 0 Å². The number of aliphatic hydroxyl groups is 1. The van der Waals surface area contributed by atoms with Crippen LogP contribution in [-0.4, -0.2) is 35.2 Å². The van der Waals surface area contributed by atoms with Gasteiger partial charge in [0.25, 0.3) is 0 Å². The van der Waals surface area contributed by atoms with E-state index < -0.39 is 0 Å². The van der Waals surface area contributed by atoms with E-state index in [-0.39, 0.29) is 30.5 Å². The monoisotopic (exact) mass is 292 g/mol. The minimum Gasteiger partial charge on any atom is -0.394 e. The Bertz CT molecular complexity index is 502. The number of benzene rings is 1. The summed E-state index contributed by atoms with van der Waals surface area (Å²) in [4.78, 5) is 14.1. The Morgan fingerprint density at radius 1 is 1.33 bits per heavy atom. The highest BCUT2D eigenvalue weighted by Crippen LogP contribution is 2.41. The van der Waals surface area contributed by atoms with E-state index in [1.807, 2.05) is 0 Å². The molecule has 1 saturated carbocycles. The third-order valence-electron chi connectivity index (χ3n) is 4.45. The molecule has 114 valence electrons. The summed E-state index contributed by atoms with van der Waals surface area (Å²) in [6.07, 6.45) is 3.97. The van der Waals surface area contributed by atoms with E-state index in [2.05, 4.69) is 5.32 Å². The number of likely N-dealkylation sites (tertiary alicyclic amines) is 1. The van der Waals surface area contributed by atoms with Crippen molar-refractivity contribution in [2.24, 2.45) is 5.92 Å². The Hall–Kier alpha value is -1.62. The van der Waals surface area contributed by atoms with Crippen molar-refractivity contribution in [2.45, 2.75) is 37.8 Å². The molecule has 1 saturated heterocycles. The number of carbonyl (C=O) groups is 1. The SMILES string of the molecule is O=C(NC(c1ccc(F)cc1)C1CC1)N1CCCC1CO. The van der Waals surface area contributed by atoms with Crippen LogP contribution in [0, 0.1) is 11.7 Å². The maximum atomic E-state index is 13.0. The van der Waals surface area contributed by atoms with Crippen molar-refractivity contribution in [3.8, 4) is 0 Å². The van der Waals surface area contributed by atoms with Crippen LogP contribution in [0.1, 0.15) is 37.3 Å². The lowest BCUT2D eigenvalue weighted by molar-refractivity contribution is 0.153. The van der Waals surface area contributed by atoms with Crippen LogP contribution in [0.3, 0.4) is 0 Å². The zero-order valence-corrected chi connectivity index (χ0v) is 12.0. The molecule has 0 bridgehead atoms. The molecule has 1 heterocycles. The maximum absolute atomic E-state index is 13.0. The van der Waals surface area contributed by atoms with Crippen molar-refractivity contribution in [3.05, 3.63) is 35.6 Å². The Morgan fingerprint density at radius 3 is 2.67 bits per heavy atom. The van der Waals surface area contributed by atoms with Crippen LogP contribution in [0.15, 0.2) is 24.3 Å². The number of carbonyl (C=O) groups excluding carboxylic acids is 1. The molecular formula is C16H21FN2O2. The number of rotatable bonds is 4. The summed E-state index contributed by atoms with van der Waals surface area (Å²) in [6.45, 7) is 0.704. The van der Waals surface area contributed by atoms with E-state index in [1.165, 1.54) is 12.1 Å². The number of hydrogen-bond acceptors (Lipinski definition) is 2. The van der Waals surface area contributed by atoms with Crippen LogP contribution in [0.5, 0.6) is 0 Å². The van der Waals surface area contributed by atoms with Gasteiger partial charge in [0, 0.05) is 6.54 Å². The fourth-order valence-electron chi connectivity index (χ4n) is 3.08. The summed E-state index contributed by atoms with van der Waals surface area (Å²) in [5.74, 6) is 0.175. The van der Waals surface area contributed by atoms with Gasteiger partial charge in [0.2, 0.25) is 0 Å². The summed E-state index contributed by atoms with van der Waals surface area (Å²) < 4.78 is 13.0. The van der Waals surface area contributed by atoms with Gasteiger partial charge in [-0.25, -0.2) is 9.18 Å². The van der Waals surface area contributed by atoms with Gasteiger partial charge in [-0.15, -0.1) is 0 Å². The fraction of sp³-hybridized carbons (Fsp3) is 0.562. The molecule has 2 amide bonds. The zero-order chi connectivity index (χ0) is 14.8. The summed E-state index contributed by atoms with van der Waals surface area (Å²) in [5, 5.41) is 12.4. The Labute approximate surface area is 124 Å². The molecule has 0 radical (unpaired) electrons. The van der Waals surface area contributed by atoms with Crippen molar-refractivity contribution >= 4 is 6.03 Å².